The monoisotopic (exact) mass is 720 g/mol. The van der Waals surface area contributed by atoms with Crippen LogP contribution >= 0.6 is 0 Å². The summed E-state index contributed by atoms with van der Waals surface area (Å²) in [6.45, 7) is 0. The molecule has 0 aliphatic carbocycles. The average Bonchev–Trinajstić information content (AvgIpc) is 3.90. The summed E-state index contributed by atoms with van der Waals surface area (Å²) in [6, 6.07) is 44.1. The molecule has 2 aromatic heterocycles. The van der Waals surface area contributed by atoms with Crippen LogP contribution in [0.3, 0.4) is 0 Å². The third-order valence-electron chi connectivity index (χ3n) is 11.1. The molecule has 0 amide bonds. The van der Waals surface area contributed by atoms with E-state index in [4.69, 9.17) is 14.3 Å². The maximum absolute atomic E-state index is 9.55. The van der Waals surface area contributed by atoms with Crippen LogP contribution in [0.2, 0.25) is 0 Å². The maximum atomic E-state index is 9.55. The first-order valence-electron chi connectivity index (χ1n) is 22.5. The SMILES string of the molecule is [2H]c1c([2H])c([2H])c2c(-c3ccc4ccccc4c3)c3c([2H])c([2H])c([2H])c([2H])c3c(-c3cccc(-c4c(-c5ccc6c(c5)oc5ccccc56)ccc5oc6ccccc6c45)c3)c2c1[2H]. The van der Waals surface area contributed by atoms with Gasteiger partial charge in [-0.25, -0.2) is 0 Å². The quantitative estimate of drug-likeness (QED) is 0.169. The number of benzene rings is 10. The number of fused-ring (bicyclic) bond motifs is 9. The summed E-state index contributed by atoms with van der Waals surface area (Å²) >= 11 is 0. The number of furan rings is 2. The Bertz CT molecular complexity index is 3930. The van der Waals surface area contributed by atoms with Crippen molar-refractivity contribution < 1.29 is 19.8 Å². The molecule has 0 radical (unpaired) electrons. The number of hydrogen-bond acceptors (Lipinski definition) is 2. The smallest absolute Gasteiger partial charge is 0.136 e. The minimum Gasteiger partial charge on any atom is -0.456 e. The lowest BCUT2D eigenvalue weighted by Gasteiger charge is -2.19. The van der Waals surface area contributed by atoms with Crippen molar-refractivity contribution in [3.05, 3.63) is 194 Å². The molecule has 2 heterocycles. The predicted molar refractivity (Wildman–Crippen MR) is 235 cm³/mol. The Morgan fingerprint density at radius 3 is 1.61 bits per heavy atom. The molecule has 56 heavy (non-hydrogen) atoms. The normalized spacial score (nSPS) is 13.9. The molecule has 2 nitrogen and oxygen atoms in total. The molecule has 0 aliphatic heterocycles. The number of para-hydroxylation sites is 2. The van der Waals surface area contributed by atoms with Crippen molar-refractivity contribution in [3.63, 3.8) is 0 Å². The zero-order valence-electron chi connectivity index (χ0n) is 37.7. The highest BCUT2D eigenvalue weighted by Gasteiger charge is 2.21. The van der Waals surface area contributed by atoms with E-state index in [9.17, 15) is 5.48 Å². The Kier molecular flexibility index (Phi) is 5.18. The van der Waals surface area contributed by atoms with Crippen LogP contribution in [0.4, 0.5) is 0 Å². The summed E-state index contributed by atoms with van der Waals surface area (Å²) < 4.78 is 86.6. The topological polar surface area (TPSA) is 26.3 Å². The first kappa shape index (κ1) is 24.1. The number of hydrogen-bond donors (Lipinski definition) is 0. The Hall–Kier alpha value is -7.42. The molecule has 10 aromatic carbocycles. The summed E-state index contributed by atoms with van der Waals surface area (Å²) in [5, 5.41) is 6.28. The van der Waals surface area contributed by atoms with E-state index in [1.165, 1.54) is 0 Å². The highest BCUT2D eigenvalue weighted by atomic mass is 16.3. The fourth-order valence-electron chi connectivity index (χ4n) is 8.63. The molecule has 0 spiro atoms. The zero-order chi connectivity index (χ0) is 43.7. The largest absolute Gasteiger partial charge is 0.456 e. The van der Waals surface area contributed by atoms with Gasteiger partial charge in [0.05, 0.1) is 11.0 Å². The van der Waals surface area contributed by atoms with Crippen LogP contribution in [-0.2, 0) is 0 Å². The zero-order valence-corrected chi connectivity index (χ0v) is 29.7. The maximum Gasteiger partial charge on any atom is 0.136 e. The van der Waals surface area contributed by atoms with E-state index in [2.05, 4.69) is 12.1 Å². The molecule has 0 bridgehead atoms. The second kappa shape index (κ2) is 12.0. The first-order valence-corrected chi connectivity index (χ1v) is 18.5. The summed E-state index contributed by atoms with van der Waals surface area (Å²) in [4.78, 5) is 0. The van der Waals surface area contributed by atoms with Crippen LogP contribution < -0.4 is 0 Å². The van der Waals surface area contributed by atoms with Gasteiger partial charge in [0.25, 0.3) is 0 Å². The molecule has 2 heteroatoms. The Morgan fingerprint density at radius 2 is 0.875 bits per heavy atom. The highest BCUT2D eigenvalue weighted by Crippen LogP contribution is 2.47. The van der Waals surface area contributed by atoms with Crippen molar-refractivity contribution in [2.45, 2.75) is 0 Å². The standard InChI is InChI=1S/C54H32O2/c1-2-13-34-30-38(25-24-33(34)12-1)52-44-19-5-3-17-42(44)51(43-18-4-6-20-45(43)52)36-14-11-15-37(31-36)53-39(28-29-49-54(53)46-21-8-10-23-48(46)55-49)35-26-27-41-40-16-7-9-22-47(40)56-50(41)32-35/h1-32H/i3D,4D,5D,6D,17D,18D,19D,20D. The van der Waals surface area contributed by atoms with E-state index in [0.717, 1.165) is 65.7 Å². The van der Waals surface area contributed by atoms with Crippen molar-refractivity contribution in [2.24, 2.45) is 0 Å². The van der Waals surface area contributed by atoms with E-state index < -0.39 is 24.2 Å². The van der Waals surface area contributed by atoms with Crippen molar-refractivity contribution >= 4 is 76.2 Å². The molecule has 0 fully saturated rings. The molecular weight excluding hydrogens is 681 g/mol. The van der Waals surface area contributed by atoms with Crippen molar-refractivity contribution in [2.75, 3.05) is 0 Å². The molecule has 12 rings (SSSR count). The third kappa shape index (κ3) is 4.63. The Labute approximate surface area is 333 Å². The molecule has 0 atom stereocenters. The van der Waals surface area contributed by atoms with Crippen LogP contribution in [0.5, 0.6) is 0 Å². The van der Waals surface area contributed by atoms with Gasteiger partial charge >= 0.3 is 0 Å². The van der Waals surface area contributed by atoms with Crippen LogP contribution in [0, 0.1) is 0 Å². The fourth-order valence-corrected chi connectivity index (χ4v) is 8.63. The molecule has 0 aliphatic rings. The molecule has 0 unspecified atom stereocenters. The minimum atomic E-state index is -0.447. The van der Waals surface area contributed by atoms with Crippen molar-refractivity contribution in [1.29, 1.82) is 0 Å². The van der Waals surface area contributed by atoms with Crippen LogP contribution in [0.1, 0.15) is 11.0 Å². The number of rotatable bonds is 4. The third-order valence-corrected chi connectivity index (χ3v) is 11.1. The molecule has 0 N–H and O–H groups in total. The van der Waals surface area contributed by atoms with E-state index in [1.807, 2.05) is 133 Å². The van der Waals surface area contributed by atoms with Crippen molar-refractivity contribution in [1.82, 2.24) is 0 Å². The molecule has 260 valence electrons. The molecule has 12 aromatic rings. The highest BCUT2D eigenvalue weighted by molar-refractivity contribution is 6.22. The van der Waals surface area contributed by atoms with Gasteiger partial charge in [0.1, 0.15) is 22.3 Å². The predicted octanol–water partition coefficient (Wildman–Crippen LogP) is 15.6. The second-order valence-corrected chi connectivity index (χ2v) is 14.2. The van der Waals surface area contributed by atoms with Crippen molar-refractivity contribution in [3.8, 4) is 44.5 Å². The lowest BCUT2D eigenvalue weighted by molar-refractivity contribution is 0.669. The van der Waals surface area contributed by atoms with Gasteiger partial charge in [-0.1, -0.05) is 151 Å². The summed E-state index contributed by atoms with van der Waals surface area (Å²) in [5.41, 5.74) is 8.00. The Morgan fingerprint density at radius 1 is 0.321 bits per heavy atom. The van der Waals surface area contributed by atoms with Crippen LogP contribution in [-0.4, -0.2) is 0 Å². The van der Waals surface area contributed by atoms with Gasteiger partial charge in [0, 0.05) is 27.1 Å². The summed E-state index contributed by atoms with van der Waals surface area (Å²) in [7, 11) is 0. The van der Waals surface area contributed by atoms with E-state index in [-0.39, 0.29) is 51.3 Å². The van der Waals surface area contributed by atoms with Gasteiger partial charge in [0.15, 0.2) is 0 Å². The van der Waals surface area contributed by atoms with E-state index >= 15 is 0 Å². The van der Waals surface area contributed by atoms with Gasteiger partial charge in [-0.05, 0) is 114 Å². The molecule has 0 saturated carbocycles. The Balaban J connectivity index is 1.21. The van der Waals surface area contributed by atoms with E-state index in [1.54, 1.807) is 0 Å². The molecular formula is C54H32O2. The molecule has 0 saturated heterocycles. The first-order chi connectivity index (χ1) is 31.1. The van der Waals surface area contributed by atoms with Crippen LogP contribution in [0.25, 0.3) is 121 Å². The van der Waals surface area contributed by atoms with Crippen LogP contribution in [0.15, 0.2) is 203 Å². The van der Waals surface area contributed by atoms with Gasteiger partial charge in [-0.2, -0.15) is 0 Å². The second-order valence-electron chi connectivity index (χ2n) is 14.2. The lowest BCUT2D eigenvalue weighted by atomic mass is 9.84. The lowest BCUT2D eigenvalue weighted by Crippen LogP contribution is -1.92. The average molecular weight is 721 g/mol. The summed E-state index contributed by atoms with van der Waals surface area (Å²) in [6.07, 6.45) is 0. The van der Waals surface area contributed by atoms with Gasteiger partial charge in [0.2, 0.25) is 0 Å². The minimum absolute atomic E-state index is 0.159. The fraction of sp³-hybridized carbons (Fsp3) is 0. The van der Waals surface area contributed by atoms with Gasteiger partial charge in [-0.3, -0.25) is 0 Å². The van der Waals surface area contributed by atoms with Gasteiger partial charge < -0.3 is 8.83 Å². The summed E-state index contributed by atoms with van der Waals surface area (Å²) in [5.74, 6) is 0. The van der Waals surface area contributed by atoms with E-state index in [0.29, 0.717) is 27.9 Å². The van der Waals surface area contributed by atoms with Gasteiger partial charge in [-0.15, -0.1) is 0 Å².